The Morgan fingerprint density at radius 3 is 1.49 bits per heavy atom. The van der Waals surface area contributed by atoms with Gasteiger partial charge in [-0.2, -0.15) is 0 Å². The molecule has 1 amide bonds. The summed E-state index contributed by atoms with van der Waals surface area (Å²) in [6.07, 6.45) is 16.6. The number of piperidine rings is 2. The van der Waals surface area contributed by atoms with Gasteiger partial charge in [0.15, 0.2) is 23.0 Å². The van der Waals surface area contributed by atoms with Crippen LogP contribution in [-0.2, 0) is 30.9 Å². The van der Waals surface area contributed by atoms with Gasteiger partial charge in [0.1, 0.15) is 32.0 Å². The molecule has 2 aliphatic carbocycles. The predicted octanol–water partition coefficient (Wildman–Crippen LogP) is 12.4. The number of hydrogen-bond acceptors (Lipinski definition) is 11. The molecule has 1 N–H and O–H groups in total. The number of likely N-dealkylation sites (tertiary alicyclic amines) is 2. The number of rotatable bonds is 14. The molecule has 0 radical (unpaired) electrons. The lowest BCUT2D eigenvalue weighted by atomic mass is 9.83. The summed E-state index contributed by atoms with van der Waals surface area (Å²) in [6, 6.07) is 30.0. The van der Waals surface area contributed by atoms with E-state index in [4.69, 9.17) is 23.7 Å². The number of aryl methyl sites for hydroxylation is 2. The van der Waals surface area contributed by atoms with Gasteiger partial charge in [0.25, 0.3) is 11.1 Å². The molecule has 0 atom stereocenters. The third-order valence-corrected chi connectivity index (χ3v) is 18.5. The van der Waals surface area contributed by atoms with Crippen molar-refractivity contribution in [3.05, 3.63) is 139 Å². The zero-order chi connectivity index (χ0) is 57.5. The molecule has 4 fully saturated rings. The molecule has 2 saturated heterocycles. The van der Waals surface area contributed by atoms with Crippen molar-refractivity contribution in [2.24, 2.45) is 0 Å². The first-order valence-electron chi connectivity index (χ1n) is 31.5. The maximum atomic E-state index is 13.5. The molecule has 0 unspecified atom stereocenters. The first-order valence-corrected chi connectivity index (χ1v) is 31.5. The summed E-state index contributed by atoms with van der Waals surface area (Å²) in [4.78, 5) is 46.7. The molecule has 6 aliphatic rings. The second-order valence-electron chi connectivity index (χ2n) is 25.5. The number of hydrogen-bond donors (Lipinski definition) is 1. The van der Waals surface area contributed by atoms with Gasteiger partial charge in [0.2, 0.25) is 0 Å². The molecule has 2 saturated carbocycles. The second-order valence-corrected chi connectivity index (χ2v) is 25.5. The van der Waals surface area contributed by atoms with Crippen molar-refractivity contribution in [1.82, 2.24) is 29.2 Å². The lowest BCUT2D eigenvalue weighted by molar-refractivity contribution is 0.00561. The predicted molar refractivity (Wildman–Crippen MR) is 330 cm³/mol. The number of carbonyl (C=O) groups is 1. The Bertz CT molecular complexity index is 3320. The van der Waals surface area contributed by atoms with Gasteiger partial charge in [0.05, 0.1) is 11.0 Å². The summed E-state index contributed by atoms with van der Waals surface area (Å²) < 4.78 is 32.7. The molecule has 2 aromatic heterocycles. The van der Waals surface area contributed by atoms with Gasteiger partial charge in [-0.25, -0.2) is 4.79 Å². The first kappa shape index (κ1) is 58.4. The average molecular weight is 1130 g/mol. The molecular weight excluding hydrogens is 1040 g/mol. The van der Waals surface area contributed by atoms with E-state index in [0.29, 0.717) is 57.4 Å². The van der Waals surface area contributed by atoms with Crippen LogP contribution in [-0.4, -0.2) is 113 Å². The van der Waals surface area contributed by atoms with Gasteiger partial charge >= 0.3 is 6.09 Å². The fraction of sp³-hybridized carbons (Fsp3) is 0.551. The zero-order valence-corrected chi connectivity index (χ0v) is 50.2. The molecule has 14 heteroatoms. The van der Waals surface area contributed by atoms with E-state index in [9.17, 15) is 14.4 Å². The summed E-state index contributed by atoms with van der Waals surface area (Å²) >= 11 is 0. The zero-order valence-electron chi connectivity index (χ0n) is 50.2. The number of carbonyl (C=O) groups excluding carboxylic acids is 1. The summed E-state index contributed by atoms with van der Waals surface area (Å²) in [5.41, 5.74) is 8.96. The molecule has 0 bridgehead atoms. The Labute approximate surface area is 491 Å². The van der Waals surface area contributed by atoms with Crippen LogP contribution < -0.4 is 35.4 Å². The quantitative estimate of drug-likeness (QED) is 0.112. The number of amides is 1. The Hall–Kier alpha value is -6.35. The van der Waals surface area contributed by atoms with E-state index in [1.54, 1.807) is 6.07 Å². The van der Waals surface area contributed by atoms with Gasteiger partial charge < -0.3 is 52.8 Å². The minimum atomic E-state index is -0.580. The van der Waals surface area contributed by atoms with Crippen LogP contribution in [0.2, 0.25) is 0 Å². The van der Waals surface area contributed by atoms with E-state index in [2.05, 4.69) is 70.6 Å². The van der Waals surface area contributed by atoms with E-state index < -0.39 is 5.60 Å². The summed E-state index contributed by atoms with van der Waals surface area (Å²) in [5, 5.41) is 6.12. The molecule has 12 rings (SSSR count). The number of aromatic nitrogens is 2. The molecule has 6 aromatic rings. The molecule has 4 aliphatic heterocycles. The highest BCUT2D eigenvalue weighted by molar-refractivity contribution is 5.84. The van der Waals surface area contributed by atoms with Crippen molar-refractivity contribution in [3.63, 3.8) is 0 Å². The maximum absolute atomic E-state index is 13.5. The highest BCUT2D eigenvalue weighted by Crippen LogP contribution is 2.37. The van der Waals surface area contributed by atoms with Crippen LogP contribution in [0.3, 0.4) is 0 Å². The summed E-state index contributed by atoms with van der Waals surface area (Å²) in [7, 11) is 0. The summed E-state index contributed by atoms with van der Waals surface area (Å²) in [6.45, 7) is 20.4. The Morgan fingerprint density at radius 2 is 1.00 bits per heavy atom. The van der Waals surface area contributed by atoms with Crippen LogP contribution >= 0.6 is 0 Å². The van der Waals surface area contributed by atoms with E-state index in [0.717, 1.165) is 129 Å². The van der Waals surface area contributed by atoms with Crippen molar-refractivity contribution in [2.75, 3.05) is 65.7 Å². The van der Waals surface area contributed by atoms with Gasteiger partial charge in [0, 0.05) is 87.3 Å². The highest BCUT2D eigenvalue weighted by atomic mass is 16.6. The largest absolute Gasteiger partial charge is 0.486 e. The lowest BCUT2D eigenvalue weighted by Gasteiger charge is -2.39. The molecule has 0 spiro atoms. The Balaban J connectivity index is 0.000000176. The molecular formula is C69H90N6O8. The standard InChI is InChI=1S/C37H49N3O5.C32H41N3O3/c1-26-22-35(41)39(32-24-29(11-12-31(26)32)28-8-6-5-7-9-28)19-18-38-16-14-30(15-17-38)40(36(42)45-37(2,3)4)25-27-10-13-33-34(23-27)44-21-20-43-33;1-23-19-32(36)35(29-21-26(8-9-28(23)29)25-5-3-2-4-6-25)16-15-34-13-11-27(12-14-34)33-22-24-7-10-30-31(20-24)38-18-17-37-30/h10-13,22-24,28,30H,5-9,14-21,25H2,1-4H3;7-10,19-21,25,27,33H,2-6,11-18,22H2,1H3. The second kappa shape index (κ2) is 26.7. The van der Waals surface area contributed by atoms with Crippen molar-refractivity contribution < 1.29 is 28.5 Å². The fourth-order valence-corrected chi connectivity index (χ4v) is 13.8. The number of fused-ring (bicyclic) bond motifs is 4. The summed E-state index contributed by atoms with van der Waals surface area (Å²) in [5.74, 6) is 4.41. The van der Waals surface area contributed by atoms with Crippen molar-refractivity contribution in [3.8, 4) is 23.0 Å². The van der Waals surface area contributed by atoms with E-state index >= 15 is 0 Å². The highest BCUT2D eigenvalue weighted by Gasteiger charge is 2.32. The van der Waals surface area contributed by atoms with Gasteiger partial charge in [-0.05, 0) is 181 Å². The van der Waals surface area contributed by atoms with Gasteiger partial charge in [-0.1, -0.05) is 74.9 Å². The third kappa shape index (κ3) is 14.6. The van der Waals surface area contributed by atoms with E-state index in [1.165, 1.54) is 91.7 Å². The normalized spacial score (nSPS) is 18.7. The molecule has 444 valence electrons. The lowest BCUT2D eigenvalue weighted by Crippen LogP contribution is -2.49. The Kier molecular flexibility index (Phi) is 18.8. The average Bonchev–Trinajstić information content (AvgIpc) is 3.51. The molecule has 4 aromatic carbocycles. The van der Waals surface area contributed by atoms with Crippen molar-refractivity contribution in [1.29, 1.82) is 0 Å². The van der Waals surface area contributed by atoms with Crippen molar-refractivity contribution >= 4 is 27.9 Å². The van der Waals surface area contributed by atoms with Gasteiger partial charge in [-0.3, -0.25) is 9.59 Å². The maximum Gasteiger partial charge on any atom is 0.410 e. The third-order valence-electron chi connectivity index (χ3n) is 18.5. The van der Waals surface area contributed by atoms with Crippen LogP contribution in [0.5, 0.6) is 23.0 Å². The smallest absolute Gasteiger partial charge is 0.410 e. The van der Waals surface area contributed by atoms with Crippen LogP contribution in [0, 0.1) is 13.8 Å². The monoisotopic (exact) mass is 1130 g/mol. The van der Waals surface area contributed by atoms with Crippen LogP contribution in [0.25, 0.3) is 21.8 Å². The van der Waals surface area contributed by atoms with Crippen LogP contribution in [0.4, 0.5) is 4.79 Å². The molecule has 6 heterocycles. The SMILES string of the molecule is Cc1cc(=O)n(CCN2CCC(N(Cc3ccc4c(c3)OCCO4)C(=O)OC(C)(C)C)CC2)c2cc(C3CCCCC3)ccc12.Cc1cc(=O)n(CCN2CCC(NCc3ccc4c(c3)OCCO4)CC2)c2cc(C3CCCCC3)ccc12. The molecule has 14 nitrogen and oxygen atoms in total. The fourth-order valence-electron chi connectivity index (χ4n) is 13.8. The van der Waals surface area contributed by atoms with Crippen LogP contribution in [0.1, 0.15) is 156 Å². The van der Waals surface area contributed by atoms with E-state index in [-0.39, 0.29) is 23.3 Å². The van der Waals surface area contributed by atoms with Crippen molar-refractivity contribution in [2.45, 2.75) is 180 Å². The number of nitrogens with one attached hydrogen (secondary N) is 1. The minimum Gasteiger partial charge on any atom is -0.486 e. The Morgan fingerprint density at radius 1 is 0.542 bits per heavy atom. The molecule has 83 heavy (non-hydrogen) atoms. The number of nitrogens with zero attached hydrogens (tertiary/aromatic N) is 5. The number of pyridine rings is 2. The number of ether oxygens (including phenoxy) is 5. The van der Waals surface area contributed by atoms with Gasteiger partial charge in [-0.15, -0.1) is 0 Å². The minimum absolute atomic E-state index is 0.0604. The van der Waals surface area contributed by atoms with Crippen LogP contribution in [0.15, 0.2) is 94.5 Å². The first-order chi connectivity index (χ1) is 40.3. The van der Waals surface area contributed by atoms with E-state index in [1.807, 2.05) is 72.1 Å². The number of benzene rings is 4. The topological polar surface area (TPSA) is 129 Å².